The number of hydrogen-bond donors (Lipinski definition) is 1. The van der Waals surface area contributed by atoms with Crippen LogP contribution < -0.4 is 14.8 Å². The van der Waals surface area contributed by atoms with E-state index in [4.69, 9.17) is 21.1 Å². The molecule has 2 aromatic rings. The fourth-order valence-corrected chi connectivity index (χ4v) is 2.45. The van der Waals surface area contributed by atoms with Crippen LogP contribution in [0.5, 0.6) is 11.5 Å². The summed E-state index contributed by atoms with van der Waals surface area (Å²) in [5.74, 6) is 0.718. The third kappa shape index (κ3) is 4.26. The number of ketones is 1. The molecule has 2 rings (SSSR count). The quantitative estimate of drug-likeness (QED) is 0.808. The summed E-state index contributed by atoms with van der Waals surface area (Å²) in [7, 11) is 3.03. The summed E-state index contributed by atoms with van der Waals surface area (Å²) in [6, 6.07) is 9.98. The summed E-state index contributed by atoms with van der Waals surface area (Å²) in [6.07, 6.45) is 0.0555. The molecule has 0 saturated heterocycles. The number of carbonyl (C=O) groups excluding carboxylic acids is 2. The zero-order valence-corrected chi connectivity index (χ0v) is 14.4. The van der Waals surface area contributed by atoms with Gasteiger partial charge in [-0.2, -0.15) is 0 Å². The molecule has 0 spiro atoms. The predicted molar refractivity (Wildman–Crippen MR) is 93.3 cm³/mol. The molecule has 0 saturated carbocycles. The number of Topliss-reactive ketones (excluding diaryl/α,β-unsaturated/α-hetero) is 1. The number of hydrogen-bond acceptors (Lipinski definition) is 4. The Morgan fingerprint density at radius 1 is 1.04 bits per heavy atom. The molecular formula is C18H18ClNO4. The van der Waals surface area contributed by atoms with Crippen LogP contribution in [0.25, 0.3) is 0 Å². The van der Waals surface area contributed by atoms with E-state index in [1.165, 1.54) is 21.1 Å². The minimum Gasteiger partial charge on any atom is -0.496 e. The van der Waals surface area contributed by atoms with Gasteiger partial charge in [0.1, 0.15) is 11.5 Å². The second-order valence-corrected chi connectivity index (χ2v) is 5.59. The highest BCUT2D eigenvalue weighted by atomic mass is 35.5. The number of halogens is 1. The van der Waals surface area contributed by atoms with Crippen molar-refractivity contribution in [3.8, 4) is 11.5 Å². The average Bonchev–Trinajstić information content (AvgIpc) is 2.54. The number of carbonyl (C=O) groups is 2. The number of rotatable bonds is 6. The van der Waals surface area contributed by atoms with Crippen LogP contribution in [0.4, 0.5) is 5.69 Å². The van der Waals surface area contributed by atoms with Crippen LogP contribution in [0.1, 0.15) is 22.8 Å². The van der Waals surface area contributed by atoms with Gasteiger partial charge in [0.25, 0.3) is 0 Å². The van der Waals surface area contributed by atoms with Gasteiger partial charge in [-0.05, 0) is 43.3 Å². The van der Waals surface area contributed by atoms with Crippen LogP contribution in [-0.2, 0) is 11.2 Å². The first-order chi connectivity index (χ1) is 11.4. The Morgan fingerprint density at radius 3 is 2.33 bits per heavy atom. The molecule has 0 atom stereocenters. The molecule has 0 aliphatic carbocycles. The Hall–Kier alpha value is -2.53. The smallest absolute Gasteiger partial charge is 0.229 e. The zero-order valence-electron chi connectivity index (χ0n) is 13.7. The lowest BCUT2D eigenvalue weighted by atomic mass is 10.0. The first-order valence-corrected chi connectivity index (χ1v) is 7.63. The number of methoxy groups -OCH3 is 2. The van der Waals surface area contributed by atoms with Gasteiger partial charge in [-0.1, -0.05) is 11.6 Å². The van der Waals surface area contributed by atoms with Crippen LogP contribution in [-0.4, -0.2) is 25.9 Å². The highest BCUT2D eigenvalue weighted by molar-refractivity contribution is 6.31. The number of nitrogens with one attached hydrogen (secondary N) is 1. The predicted octanol–water partition coefficient (Wildman–Crippen LogP) is 3.74. The van der Waals surface area contributed by atoms with Crippen LogP contribution >= 0.6 is 11.6 Å². The molecule has 2 aromatic carbocycles. The summed E-state index contributed by atoms with van der Waals surface area (Å²) >= 11 is 5.96. The lowest BCUT2D eigenvalue weighted by Crippen LogP contribution is -2.16. The molecule has 0 aromatic heterocycles. The molecule has 24 heavy (non-hydrogen) atoms. The largest absolute Gasteiger partial charge is 0.496 e. The maximum Gasteiger partial charge on any atom is 0.229 e. The van der Waals surface area contributed by atoms with Crippen molar-refractivity contribution in [3.63, 3.8) is 0 Å². The minimum atomic E-state index is -0.269. The van der Waals surface area contributed by atoms with E-state index >= 15 is 0 Å². The van der Waals surface area contributed by atoms with Gasteiger partial charge < -0.3 is 14.8 Å². The van der Waals surface area contributed by atoms with E-state index in [2.05, 4.69) is 5.32 Å². The Bertz CT molecular complexity index is 774. The third-order valence-electron chi connectivity index (χ3n) is 3.47. The van der Waals surface area contributed by atoms with Gasteiger partial charge in [-0.25, -0.2) is 0 Å². The van der Waals surface area contributed by atoms with Crippen LogP contribution in [0.2, 0.25) is 5.02 Å². The van der Waals surface area contributed by atoms with E-state index in [1.807, 2.05) is 0 Å². The maximum absolute atomic E-state index is 12.4. The van der Waals surface area contributed by atoms with Gasteiger partial charge in [-0.15, -0.1) is 0 Å². The van der Waals surface area contributed by atoms with Crippen LogP contribution in [0, 0.1) is 0 Å². The molecule has 0 fully saturated rings. The SMILES string of the molecule is COc1ccc(C(C)=O)cc1CC(=O)Nc1cc(Cl)ccc1OC. The first kappa shape index (κ1) is 17.8. The van der Waals surface area contributed by atoms with Crippen LogP contribution in [0.3, 0.4) is 0 Å². The normalized spacial score (nSPS) is 10.2. The molecule has 1 amide bonds. The summed E-state index contributed by atoms with van der Waals surface area (Å²) < 4.78 is 10.5. The standard InChI is InChI=1S/C18H18ClNO4/c1-11(21)12-4-6-16(23-2)13(8-12)9-18(22)20-15-10-14(19)5-7-17(15)24-3/h4-8,10H,9H2,1-3H3,(H,20,22). The first-order valence-electron chi connectivity index (χ1n) is 7.26. The Labute approximate surface area is 145 Å². The molecular weight excluding hydrogens is 330 g/mol. The van der Waals surface area contributed by atoms with E-state index in [1.54, 1.807) is 36.4 Å². The molecule has 5 nitrogen and oxygen atoms in total. The molecule has 0 radical (unpaired) electrons. The van der Waals surface area contributed by atoms with Crippen molar-refractivity contribution in [2.75, 3.05) is 19.5 Å². The second kappa shape index (κ2) is 7.84. The summed E-state index contributed by atoms with van der Waals surface area (Å²) in [4.78, 5) is 23.9. The van der Waals surface area contributed by atoms with Crippen molar-refractivity contribution >= 4 is 29.0 Å². The molecule has 0 heterocycles. The Kier molecular flexibility index (Phi) is 5.82. The van der Waals surface area contributed by atoms with Gasteiger partial charge in [0.05, 0.1) is 26.3 Å². The number of ether oxygens (including phenoxy) is 2. The molecule has 0 aliphatic rings. The number of anilines is 1. The van der Waals surface area contributed by atoms with E-state index in [-0.39, 0.29) is 18.1 Å². The van der Waals surface area contributed by atoms with Gasteiger partial charge in [-0.3, -0.25) is 9.59 Å². The highest BCUT2D eigenvalue weighted by Gasteiger charge is 2.13. The summed E-state index contributed by atoms with van der Waals surface area (Å²) in [6.45, 7) is 1.47. The molecule has 0 aliphatic heterocycles. The maximum atomic E-state index is 12.4. The van der Waals surface area contributed by atoms with Crippen molar-refractivity contribution in [1.29, 1.82) is 0 Å². The van der Waals surface area contributed by atoms with Gasteiger partial charge in [0, 0.05) is 16.1 Å². The third-order valence-corrected chi connectivity index (χ3v) is 3.71. The van der Waals surface area contributed by atoms with Crippen LogP contribution in [0.15, 0.2) is 36.4 Å². The monoisotopic (exact) mass is 347 g/mol. The molecule has 126 valence electrons. The van der Waals surface area contributed by atoms with E-state index in [0.29, 0.717) is 33.3 Å². The molecule has 1 N–H and O–H groups in total. The van der Waals surface area contributed by atoms with Gasteiger partial charge in [0.2, 0.25) is 5.91 Å². The fraction of sp³-hybridized carbons (Fsp3) is 0.222. The topological polar surface area (TPSA) is 64.6 Å². The minimum absolute atomic E-state index is 0.0555. The zero-order chi connectivity index (χ0) is 17.7. The average molecular weight is 348 g/mol. The van der Waals surface area contributed by atoms with Gasteiger partial charge >= 0.3 is 0 Å². The van der Waals surface area contributed by atoms with Crippen molar-refractivity contribution in [2.24, 2.45) is 0 Å². The molecule has 6 heteroatoms. The van der Waals surface area contributed by atoms with Crippen molar-refractivity contribution in [2.45, 2.75) is 13.3 Å². The van der Waals surface area contributed by atoms with E-state index in [9.17, 15) is 9.59 Å². The molecule has 0 bridgehead atoms. The van der Waals surface area contributed by atoms with Crippen molar-refractivity contribution < 1.29 is 19.1 Å². The summed E-state index contributed by atoms with van der Waals surface area (Å²) in [5, 5.41) is 3.25. The Morgan fingerprint density at radius 2 is 1.71 bits per heavy atom. The van der Waals surface area contributed by atoms with Crippen molar-refractivity contribution in [1.82, 2.24) is 0 Å². The lowest BCUT2D eigenvalue weighted by Gasteiger charge is -2.12. The lowest BCUT2D eigenvalue weighted by molar-refractivity contribution is -0.115. The van der Waals surface area contributed by atoms with E-state index < -0.39 is 0 Å². The number of benzene rings is 2. The number of amides is 1. The highest BCUT2D eigenvalue weighted by Crippen LogP contribution is 2.28. The summed E-state index contributed by atoms with van der Waals surface area (Å²) in [5.41, 5.74) is 1.64. The van der Waals surface area contributed by atoms with Crippen molar-refractivity contribution in [3.05, 3.63) is 52.5 Å². The molecule has 0 unspecified atom stereocenters. The Balaban J connectivity index is 2.22. The second-order valence-electron chi connectivity index (χ2n) is 5.15. The van der Waals surface area contributed by atoms with Gasteiger partial charge in [0.15, 0.2) is 5.78 Å². The van der Waals surface area contributed by atoms with E-state index in [0.717, 1.165) is 0 Å². The fourth-order valence-electron chi connectivity index (χ4n) is 2.28.